The summed E-state index contributed by atoms with van der Waals surface area (Å²) in [5, 5.41) is 4.57. The molecule has 3 aromatic heterocycles. The highest BCUT2D eigenvalue weighted by atomic mass is 16.5. The van der Waals surface area contributed by atoms with Crippen LogP contribution in [0.15, 0.2) is 30.6 Å². The zero-order chi connectivity index (χ0) is 22.8. The average Bonchev–Trinajstić information content (AvgIpc) is 3.56. The molecular formula is C27H28N6O. The van der Waals surface area contributed by atoms with Gasteiger partial charge in [0.2, 0.25) is 0 Å². The molecule has 4 heterocycles. The molecule has 0 radical (unpaired) electrons. The molecular weight excluding hydrogens is 424 g/mol. The maximum absolute atomic E-state index is 6.17. The number of hydrogen-bond acceptors (Lipinski definition) is 6. The van der Waals surface area contributed by atoms with Gasteiger partial charge in [0, 0.05) is 29.8 Å². The van der Waals surface area contributed by atoms with Crippen molar-refractivity contribution in [3.8, 4) is 11.3 Å². The van der Waals surface area contributed by atoms with Crippen LogP contribution in [0.3, 0.4) is 0 Å². The third-order valence-electron chi connectivity index (χ3n) is 7.67. The number of aryl methyl sites for hydroxylation is 4. The first-order valence-electron chi connectivity index (χ1n) is 12.4. The maximum Gasteiger partial charge on any atom is 0.182 e. The van der Waals surface area contributed by atoms with Gasteiger partial charge in [-0.2, -0.15) is 5.10 Å². The van der Waals surface area contributed by atoms with Crippen LogP contribution >= 0.6 is 0 Å². The van der Waals surface area contributed by atoms with E-state index in [0.717, 1.165) is 58.8 Å². The summed E-state index contributed by atoms with van der Waals surface area (Å²) in [6.07, 6.45) is 10.7. The molecule has 7 nitrogen and oxygen atoms in total. The van der Waals surface area contributed by atoms with Crippen molar-refractivity contribution in [2.75, 3.05) is 6.61 Å². The molecule has 7 heteroatoms. The minimum atomic E-state index is 0.0244. The molecule has 1 aliphatic heterocycles. The molecule has 0 N–H and O–H groups in total. The van der Waals surface area contributed by atoms with Crippen LogP contribution < -0.4 is 0 Å². The smallest absolute Gasteiger partial charge is 0.182 e. The summed E-state index contributed by atoms with van der Waals surface area (Å²) < 4.78 is 8.26. The largest absolute Gasteiger partial charge is 0.373 e. The van der Waals surface area contributed by atoms with Gasteiger partial charge >= 0.3 is 0 Å². The predicted molar refractivity (Wildman–Crippen MR) is 129 cm³/mol. The van der Waals surface area contributed by atoms with Crippen LogP contribution in [0.2, 0.25) is 0 Å². The number of rotatable bonds is 4. The van der Waals surface area contributed by atoms with E-state index in [1.54, 1.807) is 0 Å². The fraction of sp³-hybridized carbons (Fsp3) is 0.444. The molecule has 1 saturated heterocycles. The summed E-state index contributed by atoms with van der Waals surface area (Å²) in [6.45, 7) is 4.69. The van der Waals surface area contributed by atoms with Gasteiger partial charge in [-0.05, 0) is 69.6 Å². The second kappa shape index (κ2) is 7.67. The van der Waals surface area contributed by atoms with Crippen LogP contribution in [-0.2, 0) is 17.6 Å². The highest BCUT2D eigenvalue weighted by Gasteiger charge is 2.31. The molecule has 3 aliphatic rings. The fourth-order valence-corrected chi connectivity index (χ4v) is 5.18. The van der Waals surface area contributed by atoms with E-state index in [4.69, 9.17) is 24.7 Å². The molecule has 2 fully saturated rings. The number of nitrogens with zero attached hydrogens (tertiary/aromatic N) is 6. The maximum atomic E-state index is 6.17. The molecule has 1 saturated carbocycles. The van der Waals surface area contributed by atoms with Gasteiger partial charge in [-0.15, -0.1) is 0 Å². The van der Waals surface area contributed by atoms with Crippen molar-refractivity contribution >= 4 is 11.2 Å². The van der Waals surface area contributed by atoms with E-state index in [-0.39, 0.29) is 12.0 Å². The monoisotopic (exact) mass is 452 g/mol. The Morgan fingerprint density at radius 3 is 2.59 bits per heavy atom. The zero-order valence-electron chi connectivity index (χ0n) is 19.7. The standard InChI is InChI=1S/C27H28N6O/c1-15-16(2)30-27-25(29-15)24(19-6-4-17-3-5-18(17)11-19)31-26(32-27)20-9-10-34-23(12-20)21-13-28-33(14-21)22-7-8-22/h4,6,11,13-14,20,22-23H,3,5,7-10,12H2,1-2H3/t20-,23-/m1/s1. The van der Waals surface area contributed by atoms with Crippen molar-refractivity contribution in [3.05, 3.63) is 64.5 Å². The SMILES string of the molecule is Cc1nc2nc([C@@H]3CCO[C@@H](c4cnn(C5CC5)c4)C3)nc(-c3ccc4c(c3)CC4)c2nc1C. The molecule has 0 bridgehead atoms. The molecule has 34 heavy (non-hydrogen) atoms. The minimum Gasteiger partial charge on any atom is -0.373 e. The lowest BCUT2D eigenvalue weighted by Crippen LogP contribution is -2.20. The molecule has 172 valence electrons. The van der Waals surface area contributed by atoms with E-state index in [9.17, 15) is 0 Å². The lowest BCUT2D eigenvalue weighted by atomic mass is 9.86. The Morgan fingerprint density at radius 1 is 0.941 bits per heavy atom. The molecule has 0 amide bonds. The van der Waals surface area contributed by atoms with Gasteiger partial charge < -0.3 is 4.74 Å². The first-order valence-corrected chi connectivity index (χ1v) is 12.4. The summed E-state index contributed by atoms with van der Waals surface area (Å²) >= 11 is 0. The van der Waals surface area contributed by atoms with E-state index >= 15 is 0 Å². The van der Waals surface area contributed by atoms with Crippen LogP contribution in [0.1, 0.15) is 77.6 Å². The third-order valence-corrected chi connectivity index (χ3v) is 7.67. The second-order valence-corrected chi connectivity index (χ2v) is 10.0. The Balaban J connectivity index is 1.28. The van der Waals surface area contributed by atoms with Crippen LogP contribution in [-0.4, -0.2) is 36.3 Å². The van der Waals surface area contributed by atoms with Gasteiger partial charge in [-0.3, -0.25) is 4.68 Å². The van der Waals surface area contributed by atoms with Crippen LogP contribution in [0.5, 0.6) is 0 Å². The number of benzene rings is 1. The molecule has 0 spiro atoms. The summed E-state index contributed by atoms with van der Waals surface area (Å²) in [7, 11) is 0. The molecule has 7 rings (SSSR count). The van der Waals surface area contributed by atoms with Gasteiger partial charge in [0.15, 0.2) is 5.65 Å². The van der Waals surface area contributed by atoms with E-state index in [1.807, 2.05) is 20.0 Å². The summed E-state index contributed by atoms with van der Waals surface area (Å²) in [4.78, 5) is 19.8. The van der Waals surface area contributed by atoms with Crippen molar-refractivity contribution in [2.45, 2.75) is 70.4 Å². The first-order chi connectivity index (χ1) is 16.6. The van der Waals surface area contributed by atoms with Crippen LogP contribution in [0.4, 0.5) is 0 Å². The fourth-order valence-electron chi connectivity index (χ4n) is 5.18. The Kier molecular flexibility index (Phi) is 4.56. The minimum absolute atomic E-state index is 0.0244. The number of aromatic nitrogens is 6. The van der Waals surface area contributed by atoms with Crippen molar-refractivity contribution in [2.24, 2.45) is 0 Å². The lowest BCUT2D eigenvalue weighted by molar-refractivity contribution is 0.00396. The van der Waals surface area contributed by atoms with E-state index in [0.29, 0.717) is 18.3 Å². The second-order valence-electron chi connectivity index (χ2n) is 10.0. The number of hydrogen-bond donors (Lipinski definition) is 0. The molecule has 2 atom stereocenters. The van der Waals surface area contributed by atoms with Gasteiger partial charge in [-0.25, -0.2) is 19.9 Å². The average molecular weight is 453 g/mol. The van der Waals surface area contributed by atoms with Crippen LogP contribution in [0, 0.1) is 13.8 Å². The van der Waals surface area contributed by atoms with Gasteiger partial charge in [-0.1, -0.05) is 12.1 Å². The molecule has 1 aromatic carbocycles. The Bertz CT molecular complexity index is 1420. The number of fused-ring (bicyclic) bond motifs is 2. The van der Waals surface area contributed by atoms with Gasteiger partial charge in [0.25, 0.3) is 0 Å². The van der Waals surface area contributed by atoms with E-state index in [2.05, 4.69) is 34.2 Å². The Labute approximate surface area is 198 Å². The normalized spacial score (nSPS) is 21.9. The first kappa shape index (κ1) is 20.2. The quantitative estimate of drug-likeness (QED) is 0.435. The summed E-state index contributed by atoms with van der Waals surface area (Å²) in [5.41, 5.74) is 9.35. The molecule has 0 unspecified atom stereocenters. The van der Waals surface area contributed by atoms with Crippen molar-refractivity contribution in [1.29, 1.82) is 0 Å². The number of ether oxygens (including phenoxy) is 1. The van der Waals surface area contributed by atoms with E-state index < -0.39 is 0 Å². The highest BCUT2D eigenvalue weighted by molar-refractivity contribution is 5.87. The van der Waals surface area contributed by atoms with Gasteiger partial charge in [0.1, 0.15) is 17.0 Å². The molecule has 4 aromatic rings. The predicted octanol–water partition coefficient (Wildman–Crippen LogP) is 4.97. The third kappa shape index (κ3) is 3.41. The molecule has 2 aliphatic carbocycles. The van der Waals surface area contributed by atoms with E-state index in [1.165, 1.54) is 30.4 Å². The van der Waals surface area contributed by atoms with Crippen LogP contribution in [0.25, 0.3) is 22.4 Å². The summed E-state index contributed by atoms with van der Waals surface area (Å²) in [5.74, 6) is 1.06. The topological polar surface area (TPSA) is 78.6 Å². The van der Waals surface area contributed by atoms with Crippen molar-refractivity contribution < 1.29 is 4.74 Å². The van der Waals surface area contributed by atoms with Crippen molar-refractivity contribution in [1.82, 2.24) is 29.7 Å². The highest BCUT2D eigenvalue weighted by Crippen LogP contribution is 2.40. The lowest BCUT2D eigenvalue weighted by Gasteiger charge is -2.28. The van der Waals surface area contributed by atoms with Crippen molar-refractivity contribution in [3.63, 3.8) is 0 Å². The zero-order valence-corrected chi connectivity index (χ0v) is 19.7. The summed E-state index contributed by atoms with van der Waals surface area (Å²) in [6, 6.07) is 7.27. The Morgan fingerprint density at radius 2 is 1.79 bits per heavy atom. The Hall–Kier alpha value is -3.19. The van der Waals surface area contributed by atoms with Gasteiger partial charge in [0.05, 0.1) is 29.7 Å².